The van der Waals surface area contributed by atoms with Crippen LogP contribution in [0.3, 0.4) is 0 Å². The average molecular weight is 445 g/mol. The fraction of sp³-hybridized carbons (Fsp3) is 0.103. The lowest BCUT2D eigenvalue weighted by atomic mass is 10.0. The predicted octanol–water partition coefficient (Wildman–Crippen LogP) is 5.34. The fourth-order valence-corrected chi connectivity index (χ4v) is 5.06. The van der Waals surface area contributed by atoms with Crippen molar-refractivity contribution in [3.63, 3.8) is 0 Å². The van der Waals surface area contributed by atoms with Crippen molar-refractivity contribution in [2.75, 3.05) is 23.0 Å². The zero-order chi connectivity index (χ0) is 23.0. The molecule has 2 aliphatic rings. The van der Waals surface area contributed by atoms with Crippen molar-refractivity contribution >= 4 is 23.0 Å². The number of hydrogen-bond donors (Lipinski definition) is 0. The summed E-state index contributed by atoms with van der Waals surface area (Å²) < 4.78 is 0. The van der Waals surface area contributed by atoms with Gasteiger partial charge in [0, 0.05) is 29.9 Å². The van der Waals surface area contributed by atoms with E-state index < -0.39 is 5.79 Å². The van der Waals surface area contributed by atoms with E-state index in [9.17, 15) is 4.79 Å². The van der Waals surface area contributed by atoms with Crippen LogP contribution in [0.2, 0.25) is 0 Å². The molecule has 5 nitrogen and oxygen atoms in total. The van der Waals surface area contributed by atoms with Crippen LogP contribution in [-0.2, 0) is 5.79 Å². The summed E-state index contributed by atoms with van der Waals surface area (Å²) in [7, 11) is 0. The van der Waals surface area contributed by atoms with Gasteiger partial charge in [0.05, 0.1) is 5.69 Å². The highest BCUT2D eigenvalue weighted by molar-refractivity contribution is 6.45. The van der Waals surface area contributed by atoms with Crippen molar-refractivity contribution in [3.8, 4) is 0 Å². The first-order valence-corrected chi connectivity index (χ1v) is 11.5. The van der Waals surface area contributed by atoms with E-state index in [1.54, 1.807) is 0 Å². The van der Waals surface area contributed by atoms with Gasteiger partial charge in [-0.3, -0.25) is 4.79 Å². The Morgan fingerprint density at radius 3 is 1.74 bits per heavy atom. The second-order valence-corrected chi connectivity index (χ2v) is 8.41. The Balaban J connectivity index is 1.59. The molecule has 1 unspecified atom stereocenters. The zero-order valence-corrected chi connectivity index (χ0v) is 18.7. The Bertz CT molecular complexity index is 1330. The summed E-state index contributed by atoms with van der Waals surface area (Å²) in [5.74, 6) is -0.421. The lowest BCUT2D eigenvalue weighted by molar-refractivity contribution is 0.104. The smallest absolute Gasteiger partial charge is 0.241 e. The molecule has 0 bridgehead atoms. The Hall–Kier alpha value is -4.38. The molecule has 6 rings (SSSR count). The highest BCUT2D eigenvalue weighted by Crippen LogP contribution is 2.48. The minimum Gasteiger partial charge on any atom is -0.324 e. The van der Waals surface area contributed by atoms with Crippen molar-refractivity contribution in [3.05, 3.63) is 132 Å². The summed E-state index contributed by atoms with van der Waals surface area (Å²) >= 11 is 0. The van der Waals surface area contributed by atoms with Gasteiger partial charge in [0.1, 0.15) is 0 Å². The molecule has 1 atom stereocenters. The molecule has 0 aromatic heterocycles. The van der Waals surface area contributed by atoms with Gasteiger partial charge in [-0.05, 0) is 24.3 Å². The van der Waals surface area contributed by atoms with Gasteiger partial charge in [-0.25, -0.2) is 5.01 Å². The Labute approximate surface area is 199 Å². The highest BCUT2D eigenvalue weighted by atomic mass is 16.1. The van der Waals surface area contributed by atoms with E-state index in [0.29, 0.717) is 17.9 Å². The maximum atomic E-state index is 13.8. The first-order valence-electron chi connectivity index (χ1n) is 11.5. The van der Waals surface area contributed by atoms with Crippen LogP contribution in [0.4, 0.5) is 11.4 Å². The first-order chi connectivity index (χ1) is 16.8. The monoisotopic (exact) mass is 444 g/mol. The third-order valence-corrected chi connectivity index (χ3v) is 6.51. The van der Waals surface area contributed by atoms with Gasteiger partial charge in [0.2, 0.25) is 17.4 Å². The molecule has 1 fully saturated rings. The van der Waals surface area contributed by atoms with E-state index in [1.165, 1.54) is 0 Å². The number of amidine groups is 1. The lowest BCUT2D eigenvalue weighted by Gasteiger charge is -2.46. The summed E-state index contributed by atoms with van der Waals surface area (Å²) in [4.78, 5) is 18.3. The van der Waals surface area contributed by atoms with E-state index in [0.717, 1.165) is 23.5 Å². The van der Waals surface area contributed by atoms with Crippen molar-refractivity contribution in [2.24, 2.45) is 5.10 Å². The number of hydrogen-bond acceptors (Lipinski definition) is 5. The molecule has 0 spiro atoms. The van der Waals surface area contributed by atoms with Crippen LogP contribution in [0.15, 0.2) is 126 Å². The van der Waals surface area contributed by atoms with E-state index in [1.807, 2.05) is 89.9 Å². The molecule has 1 saturated heterocycles. The van der Waals surface area contributed by atoms with Gasteiger partial charge in [-0.15, -0.1) is 5.10 Å². The van der Waals surface area contributed by atoms with Crippen LogP contribution in [0.5, 0.6) is 0 Å². The van der Waals surface area contributed by atoms with Crippen LogP contribution < -0.4 is 9.91 Å². The molecule has 0 saturated carbocycles. The number of carbonyl (C=O) groups excluding carboxylic acids is 1. The number of fused-ring (bicyclic) bond motifs is 1. The Morgan fingerprint density at radius 2 is 1.12 bits per heavy atom. The van der Waals surface area contributed by atoms with Gasteiger partial charge in [-0.2, -0.15) is 0 Å². The van der Waals surface area contributed by atoms with Crippen LogP contribution in [0.1, 0.15) is 15.9 Å². The lowest BCUT2D eigenvalue weighted by Crippen LogP contribution is -2.58. The zero-order valence-electron chi connectivity index (χ0n) is 18.7. The van der Waals surface area contributed by atoms with Gasteiger partial charge in [0.25, 0.3) is 0 Å². The molecule has 0 amide bonds. The van der Waals surface area contributed by atoms with E-state index in [-0.39, 0.29) is 5.78 Å². The molecule has 0 radical (unpaired) electrons. The number of Topliss-reactive ketones (excluding diaryl/α,β-unsaturated/α-hetero) is 1. The van der Waals surface area contributed by atoms with Crippen molar-refractivity contribution in [2.45, 2.75) is 5.79 Å². The standard InChI is InChI=1S/C29H24N4O/c34-27(23-13-5-1-6-14-23)28-30-33(26-19-11-4-12-20-26)29(24-15-7-2-8-16-24)31(21-22-32(28)29)25-17-9-3-10-18-25/h1-20H,21-22H2. The molecule has 4 aromatic carbocycles. The number of ketones is 1. The first kappa shape index (κ1) is 20.2. The SMILES string of the molecule is O=C(C1=NN(c2ccccc2)C2(c3ccccc3)N1CCN2c1ccccc1)c1ccccc1. The van der Waals surface area contributed by atoms with Crippen LogP contribution in [0.25, 0.3) is 0 Å². The van der Waals surface area contributed by atoms with E-state index in [2.05, 4.69) is 46.2 Å². The minimum atomic E-state index is -0.802. The summed E-state index contributed by atoms with van der Waals surface area (Å²) in [6, 6.07) is 40.2. The second-order valence-electron chi connectivity index (χ2n) is 8.41. The van der Waals surface area contributed by atoms with Gasteiger partial charge in [-0.1, -0.05) is 97.1 Å². The minimum absolute atomic E-state index is 0.0748. The van der Waals surface area contributed by atoms with Crippen LogP contribution in [0, 0.1) is 0 Å². The normalized spacial score (nSPS) is 19.2. The molecule has 4 aromatic rings. The maximum absolute atomic E-state index is 13.8. The number of rotatable bonds is 5. The van der Waals surface area contributed by atoms with Crippen molar-refractivity contribution in [1.29, 1.82) is 0 Å². The molecular weight excluding hydrogens is 420 g/mol. The number of anilines is 2. The third kappa shape index (κ3) is 3.01. The number of hydrazone groups is 1. The molecule has 166 valence electrons. The topological polar surface area (TPSA) is 39.2 Å². The van der Waals surface area contributed by atoms with Crippen LogP contribution >= 0.6 is 0 Å². The van der Waals surface area contributed by atoms with Crippen LogP contribution in [-0.4, -0.2) is 29.6 Å². The number of carbonyl (C=O) groups is 1. The van der Waals surface area contributed by atoms with Gasteiger partial charge < -0.3 is 9.80 Å². The summed E-state index contributed by atoms with van der Waals surface area (Å²) in [6.07, 6.45) is 0. The number of nitrogens with zero attached hydrogens (tertiary/aromatic N) is 4. The molecule has 5 heteroatoms. The molecular formula is C29H24N4O. The highest BCUT2D eigenvalue weighted by Gasteiger charge is 2.60. The number of para-hydroxylation sites is 2. The predicted molar refractivity (Wildman–Crippen MR) is 136 cm³/mol. The van der Waals surface area contributed by atoms with E-state index >= 15 is 0 Å². The van der Waals surface area contributed by atoms with E-state index in [4.69, 9.17) is 5.10 Å². The summed E-state index contributed by atoms with van der Waals surface area (Å²) in [5.41, 5.74) is 3.70. The molecule has 0 aliphatic carbocycles. The summed E-state index contributed by atoms with van der Waals surface area (Å²) in [6.45, 7) is 1.42. The largest absolute Gasteiger partial charge is 0.324 e. The molecule has 2 aliphatic heterocycles. The fourth-order valence-electron chi connectivity index (χ4n) is 5.06. The molecule has 34 heavy (non-hydrogen) atoms. The van der Waals surface area contributed by atoms with Crippen molar-refractivity contribution < 1.29 is 4.79 Å². The maximum Gasteiger partial charge on any atom is 0.241 e. The third-order valence-electron chi connectivity index (χ3n) is 6.51. The number of benzene rings is 4. The average Bonchev–Trinajstić information content (AvgIpc) is 3.47. The quantitative estimate of drug-likeness (QED) is 0.390. The molecule has 2 heterocycles. The van der Waals surface area contributed by atoms with Gasteiger partial charge >= 0.3 is 0 Å². The summed E-state index contributed by atoms with van der Waals surface area (Å²) in [5, 5.41) is 7.04. The Morgan fingerprint density at radius 1 is 0.618 bits per heavy atom. The second kappa shape index (κ2) is 8.19. The van der Waals surface area contributed by atoms with Crippen molar-refractivity contribution in [1.82, 2.24) is 4.90 Å². The Kier molecular flexibility index (Phi) is 4.88. The molecule has 0 N–H and O–H groups in total. The van der Waals surface area contributed by atoms with Gasteiger partial charge in [0.15, 0.2) is 0 Å².